The number of amides is 2. The molecule has 1 aliphatic carbocycles. The van der Waals surface area contributed by atoms with E-state index in [1.54, 1.807) is 0 Å². The lowest BCUT2D eigenvalue weighted by Crippen LogP contribution is -2.51. The first-order chi connectivity index (χ1) is 12.2. The molecular formula is C20H28N2O3. The van der Waals surface area contributed by atoms with Crippen LogP contribution >= 0.6 is 0 Å². The second-order valence-corrected chi connectivity index (χ2v) is 7.70. The average molecular weight is 344 g/mol. The number of benzene rings is 1. The lowest BCUT2D eigenvalue weighted by Gasteiger charge is -2.39. The summed E-state index contributed by atoms with van der Waals surface area (Å²) in [5, 5.41) is 3.14. The zero-order valence-electron chi connectivity index (χ0n) is 14.9. The molecule has 2 amide bonds. The quantitative estimate of drug-likeness (QED) is 0.913. The van der Waals surface area contributed by atoms with E-state index in [-0.39, 0.29) is 11.9 Å². The molecule has 2 heterocycles. The third-order valence-corrected chi connectivity index (χ3v) is 5.98. The summed E-state index contributed by atoms with van der Waals surface area (Å²) in [4.78, 5) is 14.5. The predicted octanol–water partition coefficient (Wildman–Crippen LogP) is 2.97. The minimum Gasteiger partial charge on any atom is -0.347 e. The van der Waals surface area contributed by atoms with Crippen LogP contribution in [0.15, 0.2) is 30.3 Å². The number of ether oxygens (including phenoxy) is 2. The molecule has 3 fully saturated rings. The van der Waals surface area contributed by atoms with E-state index in [2.05, 4.69) is 29.6 Å². The standard InChI is InChI=1S/C20H28N2O3/c1-20(24-10-11-25-20)17-8-5-9-22(14-17)19(23)21-13-16-12-18(16)15-6-3-2-4-7-15/h2-4,6-7,16-18H,5,8-14H2,1H3,(H,21,23)/t16-,17+,18-/m0/s1. The molecule has 2 aliphatic heterocycles. The predicted molar refractivity (Wildman–Crippen MR) is 95.3 cm³/mol. The highest BCUT2D eigenvalue weighted by molar-refractivity contribution is 5.74. The van der Waals surface area contributed by atoms with Gasteiger partial charge >= 0.3 is 6.03 Å². The largest absolute Gasteiger partial charge is 0.347 e. The van der Waals surface area contributed by atoms with Gasteiger partial charge in [0.05, 0.1) is 13.2 Å². The van der Waals surface area contributed by atoms with Crippen LogP contribution in [0, 0.1) is 11.8 Å². The van der Waals surface area contributed by atoms with E-state index in [4.69, 9.17) is 9.47 Å². The van der Waals surface area contributed by atoms with Crippen LogP contribution < -0.4 is 5.32 Å². The zero-order valence-corrected chi connectivity index (χ0v) is 14.9. The fraction of sp³-hybridized carbons (Fsp3) is 0.650. The Labute approximate surface area is 149 Å². The van der Waals surface area contributed by atoms with Gasteiger partial charge in [0.25, 0.3) is 0 Å². The number of likely N-dealkylation sites (tertiary alicyclic amines) is 1. The summed E-state index contributed by atoms with van der Waals surface area (Å²) in [5.74, 6) is 0.918. The fourth-order valence-electron chi connectivity index (χ4n) is 4.27. The van der Waals surface area contributed by atoms with Crippen molar-refractivity contribution in [2.45, 2.75) is 37.9 Å². The molecule has 0 bridgehead atoms. The molecule has 25 heavy (non-hydrogen) atoms. The van der Waals surface area contributed by atoms with Crippen LogP contribution in [0.4, 0.5) is 4.79 Å². The lowest BCUT2D eigenvalue weighted by molar-refractivity contribution is -0.189. The van der Waals surface area contributed by atoms with Crippen molar-refractivity contribution in [3.8, 4) is 0 Å². The first-order valence-corrected chi connectivity index (χ1v) is 9.51. The molecule has 4 rings (SSSR count). The molecule has 1 aromatic carbocycles. The van der Waals surface area contributed by atoms with Gasteiger partial charge in [0.2, 0.25) is 0 Å². The van der Waals surface area contributed by atoms with Gasteiger partial charge < -0.3 is 19.7 Å². The first-order valence-electron chi connectivity index (χ1n) is 9.51. The highest BCUT2D eigenvalue weighted by Crippen LogP contribution is 2.46. The van der Waals surface area contributed by atoms with Crippen molar-refractivity contribution in [3.05, 3.63) is 35.9 Å². The second-order valence-electron chi connectivity index (χ2n) is 7.70. The van der Waals surface area contributed by atoms with Crippen molar-refractivity contribution in [1.29, 1.82) is 0 Å². The van der Waals surface area contributed by atoms with Gasteiger partial charge in [-0.2, -0.15) is 0 Å². The maximum atomic E-state index is 12.6. The number of nitrogens with one attached hydrogen (secondary N) is 1. The molecule has 0 spiro atoms. The van der Waals surface area contributed by atoms with Gasteiger partial charge in [-0.05, 0) is 43.6 Å². The molecule has 1 saturated carbocycles. The molecule has 2 saturated heterocycles. The molecule has 3 aliphatic rings. The zero-order chi connectivity index (χ0) is 17.3. The fourth-order valence-corrected chi connectivity index (χ4v) is 4.27. The van der Waals surface area contributed by atoms with E-state index in [9.17, 15) is 4.79 Å². The number of hydrogen-bond acceptors (Lipinski definition) is 3. The molecule has 1 N–H and O–H groups in total. The van der Waals surface area contributed by atoms with E-state index in [0.717, 1.165) is 32.5 Å². The molecule has 3 atom stereocenters. The topological polar surface area (TPSA) is 50.8 Å². The Morgan fingerprint density at radius 2 is 2.04 bits per heavy atom. The third-order valence-electron chi connectivity index (χ3n) is 5.98. The molecule has 5 nitrogen and oxygen atoms in total. The van der Waals surface area contributed by atoms with Crippen LogP contribution in [-0.4, -0.2) is 49.6 Å². The monoisotopic (exact) mass is 344 g/mol. The third kappa shape index (κ3) is 3.67. The Morgan fingerprint density at radius 3 is 2.80 bits per heavy atom. The molecular weight excluding hydrogens is 316 g/mol. The summed E-state index contributed by atoms with van der Waals surface area (Å²) >= 11 is 0. The molecule has 1 aromatic rings. The Bertz CT molecular complexity index is 600. The van der Waals surface area contributed by atoms with Gasteiger partial charge in [-0.1, -0.05) is 30.3 Å². The summed E-state index contributed by atoms with van der Waals surface area (Å²) < 4.78 is 11.6. The SMILES string of the molecule is CC1([C@@H]2CCCN(C(=O)NC[C@@H]3C[C@H]3c3ccccc3)C2)OCCO1. The van der Waals surface area contributed by atoms with Crippen LogP contribution in [-0.2, 0) is 9.47 Å². The van der Waals surface area contributed by atoms with Crippen LogP contribution in [0.2, 0.25) is 0 Å². The normalized spacial score (nSPS) is 30.9. The minimum absolute atomic E-state index is 0.0602. The Kier molecular flexibility index (Phi) is 4.69. The van der Waals surface area contributed by atoms with Crippen LogP contribution in [0.1, 0.15) is 37.7 Å². The van der Waals surface area contributed by atoms with Crippen molar-refractivity contribution < 1.29 is 14.3 Å². The Morgan fingerprint density at radius 1 is 1.28 bits per heavy atom. The van der Waals surface area contributed by atoms with Gasteiger partial charge in [-0.3, -0.25) is 0 Å². The van der Waals surface area contributed by atoms with Crippen LogP contribution in [0.25, 0.3) is 0 Å². The van der Waals surface area contributed by atoms with Gasteiger partial charge in [0, 0.05) is 25.6 Å². The summed E-state index contributed by atoms with van der Waals surface area (Å²) in [6.07, 6.45) is 3.24. The molecule has 0 aromatic heterocycles. The van der Waals surface area contributed by atoms with E-state index in [1.807, 2.05) is 17.9 Å². The lowest BCUT2D eigenvalue weighted by atomic mass is 9.90. The van der Waals surface area contributed by atoms with E-state index in [1.165, 1.54) is 12.0 Å². The number of rotatable bonds is 4. The second kappa shape index (κ2) is 6.96. The van der Waals surface area contributed by atoms with Gasteiger partial charge in [0.15, 0.2) is 5.79 Å². The number of hydrogen-bond donors (Lipinski definition) is 1. The number of carbonyl (C=O) groups is 1. The van der Waals surface area contributed by atoms with Crippen molar-refractivity contribution in [2.75, 3.05) is 32.8 Å². The van der Waals surface area contributed by atoms with Crippen molar-refractivity contribution in [1.82, 2.24) is 10.2 Å². The number of nitrogens with zero attached hydrogens (tertiary/aromatic N) is 1. The molecule has 5 heteroatoms. The molecule has 0 radical (unpaired) electrons. The van der Waals surface area contributed by atoms with Crippen molar-refractivity contribution in [2.24, 2.45) is 11.8 Å². The summed E-state index contributed by atoms with van der Waals surface area (Å²) in [6.45, 7) is 5.63. The molecule has 136 valence electrons. The van der Waals surface area contributed by atoms with Crippen molar-refractivity contribution in [3.63, 3.8) is 0 Å². The van der Waals surface area contributed by atoms with Crippen molar-refractivity contribution >= 4 is 6.03 Å². The van der Waals surface area contributed by atoms with Gasteiger partial charge in [-0.15, -0.1) is 0 Å². The van der Waals surface area contributed by atoms with E-state index in [0.29, 0.717) is 25.0 Å². The summed E-state index contributed by atoms with van der Waals surface area (Å²) in [6, 6.07) is 10.7. The molecule has 0 unspecified atom stereocenters. The first kappa shape index (κ1) is 16.9. The average Bonchev–Trinajstić information content (AvgIpc) is 3.31. The number of piperidine rings is 1. The van der Waals surface area contributed by atoms with Gasteiger partial charge in [-0.25, -0.2) is 4.79 Å². The maximum Gasteiger partial charge on any atom is 0.317 e. The Hall–Kier alpha value is -1.59. The number of urea groups is 1. The van der Waals surface area contributed by atoms with E-state index >= 15 is 0 Å². The summed E-state index contributed by atoms with van der Waals surface area (Å²) in [5.41, 5.74) is 1.39. The minimum atomic E-state index is -0.520. The Balaban J connectivity index is 1.26. The maximum absolute atomic E-state index is 12.6. The highest BCUT2D eigenvalue weighted by atomic mass is 16.7. The highest BCUT2D eigenvalue weighted by Gasteiger charge is 2.43. The van der Waals surface area contributed by atoms with Crippen LogP contribution in [0.5, 0.6) is 0 Å². The van der Waals surface area contributed by atoms with Gasteiger partial charge in [0.1, 0.15) is 0 Å². The number of carbonyl (C=O) groups excluding carboxylic acids is 1. The van der Waals surface area contributed by atoms with Crippen LogP contribution in [0.3, 0.4) is 0 Å². The van der Waals surface area contributed by atoms with E-state index < -0.39 is 5.79 Å². The smallest absolute Gasteiger partial charge is 0.317 e. The summed E-state index contributed by atoms with van der Waals surface area (Å²) in [7, 11) is 0.